The van der Waals surface area contributed by atoms with Crippen molar-refractivity contribution >= 4 is 25.3 Å². The summed E-state index contributed by atoms with van der Waals surface area (Å²) in [5.74, 6) is -1.62. The van der Waals surface area contributed by atoms with E-state index in [-0.39, 0.29) is 0 Å². The van der Waals surface area contributed by atoms with Gasteiger partial charge in [0, 0.05) is 19.8 Å². The van der Waals surface area contributed by atoms with Crippen molar-refractivity contribution in [1.82, 2.24) is 0 Å². The predicted molar refractivity (Wildman–Crippen MR) is 68.4 cm³/mol. The summed E-state index contributed by atoms with van der Waals surface area (Å²) >= 11 is 0. The quantitative estimate of drug-likeness (QED) is 0.565. The summed E-state index contributed by atoms with van der Waals surface area (Å²) in [5, 5.41) is 7.83. The number of aliphatic carboxylic acids is 1. The number of benzene rings is 1. The smallest absolute Gasteiger partial charge is 0.363 e. The lowest BCUT2D eigenvalue weighted by Crippen LogP contribution is -2.08. The lowest BCUT2D eigenvalue weighted by Gasteiger charge is -2.12. The third-order valence-electron chi connectivity index (χ3n) is 2.25. The molecule has 1 rings (SSSR count). The molecule has 1 aromatic rings. The van der Waals surface area contributed by atoms with E-state index in [1.54, 1.807) is 24.3 Å². The van der Waals surface area contributed by atoms with E-state index in [0.717, 1.165) is 11.8 Å². The maximum absolute atomic E-state index is 11.0. The molecular weight excluding hydrogens is 257 g/mol. The molecule has 18 heavy (non-hydrogen) atoms. The molecule has 0 spiro atoms. The standard InChI is InChI=1S/C11H14NO5P/c1-12(2)9-5-3-8(4-6-9)7-10(11(13)14)18(15,16)17/h3-7H,1-2H3,(H,13,14)(H2,15,16,17)/b10-7+. The number of carbonyl (C=O) groups is 1. The van der Waals surface area contributed by atoms with Crippen molar-refractivity contribution < 1.29 is 24.3 Å². The summed E-state index contributed by atoms with van der Waals surface area (Å²) in [6.45, 7) is 0. The fraction of sp³-hybridized carbons (Fsp3) is 0.182. The molecular formula is C11H14NO5P. The molecule has 1 aromatic carbocycles. The highest BCUT2D eigenvalue weighted by atomic mass is 31.2. The SMILES string of the molecule is CN(C)c1ccc(/C=C(\C(=O)O)P(=O)(O)O)cc1. The molecule has 0 aliphatic rings. The topological polar surface area (TPSA) is 98.1 Å². The Kier molecular flexibility index (Phi) is 4.29. The summed E-state index contributed by atoms with van der Waals surface area (Å²) in [6, 6.07) is 6.64. The maximum atomic E-state index is 11.0. The normalized spacial score (nSPS) is 12.3. The van der Waals surface area contributed by atoms with Gasteiger partial charge in [-0.2, -0.15) is 0 Å². The monoisotopic (exact) mass is 271 g/mol. The zero-order valence-electron chi connectivity index (χ0n) is 9.94. The molecule has 3 N–H and O–H groups in total. The van der Waals surface area contributed by atoms with Crippen LogP contribution in [0.15, 0.2) is 29.6 Å². The van der Waals surface area contributed by atoms with Crippen LogP contribution in [-0.2, 0) is 9.36 Å². The maximum Gasteiger partial charge on any atom is 0.363 e. The highest BCUT2D eigenvalue weighted by Crippen LogP contribution is 2.45. The zero-order valence-corrected chi connectivity index (χ0v) is 10.8. The molecule has 0 saturated heterocycles. The second-order valence-corrected chi connectivity index (χ2v) is 5.43. The second-order valence-electron chi connectivity index (χ2n) is 3.86. The molecule has 6 nitrogen and oxygen atoms in total. The van der Waals surface area contributed by atoms with Crippen LogP contribution in [-0.4, -0.2) is 35.0 Å². The summed E-state index contributed by atoms with van der Waals surface area (Å²) < 4.78 is 11.0. The van der Waals surface area contributed by atoms with E-state index in [4.69, 9.17) is 14.9 Å². The molecule has 0 saturated carbocycles. The predicted octanol–water partition coefficient (Wildman–Crippen LogP) is 1.36. The molecule has 0 bridgehead atoms. The van der Waals surface area contributed by atoms with E-state index < -0.39 is 18.9 Å². The lowest BCUT2D eigenvalue weighted by molar-refractivity contribution is -0.131. The number of nitrogens with zero attached hydrogens (tertiary/aromatic N) is 1. The highest BCUT2D eigenvalue weighted by Gasteiger charge is 2.27. The van der Waals surface area contributed by atoms with Crippen molar-refractivity contribution in [3.8, 4) is 0 Å². The van der Waals surface area contributed by atoms with Crippen molar-refractivity contribution in [3.63, 3.8) is 0 Å². The van der Waals surface area contributed by atoms with E-state index in [1.807, 2.05) is 19.0 Å². The van der Waals surface area contributed by atoms with E-state index in [0.29, 0.717) is 5.56 Å². The second kappa shape index (κ2) is 5.35. The number of anilines is 1. The molecule has 0 amide bonds. The highest BCUT2D eigenvalue weighted by molar-refractivity contribution is 7.58. The Morgan fingerprint density at radius 3 is 2.06 bits per heavy atom. The van der Waals surface area contributed by atoms with Gasteiger partial charge in [-0.05, 0) is 23.8 Å². The Labute approximate surface area is 104 Å². The molecule has 0 fully saturated rings. The van der Waals surface area contributed by atoms with Crippen LogP contribution >= 0.6 is 7.60 Å². The molecule has 0 heterocycles. The Bertz CT molecular complexity index is 515. The Morgan fingerprint density at radius 2 is 1.72 bits per heavy atom. The molecule has 0 radical (unpaired) electrons. The fourth-order valence-corrected chi connectivity index (χ4v) is 1.86. The van der Waals surface area contributed by atoms with Gasteiger partial charge in [0.1, 0.15) is 5.31 Å². The van der Waals surface area contributed by atoms with Gasteiger partial charge in [-0.3, -0.25) is 4.57 Å². The third-order valence-corrected chi connectivity index (χ3v) is 3.19. The number of hydrogen-bond acceptors (Lipinski definition) is 3. The molecule has 7 heteroatoms. The van der Waals surface area contributed by atoms with Gasteiger partial charge in [0.15, 0.2) is 0 Å². The molecule has 98 valence electrons. The molecule has 0 aliphatic carbocycles. The van der Waals surface area contributed by atoms with Crippen molar-refractivity contribution in [3.05, 3.63) is 35.1 Å². The van der Waals surface area contributed by atoms with Crippen LogP contribution in [0.4, 0.5) is 5.69 Å². The third kappa shape index (κ3) is 3.70. The van der Waals surface area contributed by atoms with E-state index >= 15 is 0 Å². The van der Waals surface area contributed by atoms with E-state index in [9.17, 15) is 9.36 Å². The van der Waals surface area contributed by atoms with Gasteiger partial charge in [0.05, 0.1) is 0 Å². The first kappa shape index (κ1) is 14.4. The van der Waals surface area contributed by atoms with E-state index in [1.165, 1.54) is 0 Å². The van der Waals surface area contributed by atoms with Gasteiger partial charge in [0.2, 0.25) is 0 Å². The van der Waals surface area contributed by atoms with Crippen molar-refractivity contribution in [2.45, 2.75) is 0 Å². The summed E-state index contributed by atoms with van der Waals surface area (Å²) in [4.78, 5) is 30.4. The molecule has 0 atom stereocenters. The molecule has 0 aromatic heterocycles. The number of hydrogen-bond donors (Lipinski definition) is 3. The van der Waals surface area contributed by atoms with Gasteiger partial charge in [-0.25, -0.2) is 4.79 Å². The fourth-order valence-electron chi connectivity index (χ4n) is 1.30. The summed E-state index contributed by atoms with van der Waals surface area (Å²) in [7, 11) is -1.08. The van der Waals surface area contributed by atoms with Crippen LogP contribution < -0.4 is 4.90 Å². The van der Waals surface area contributed by atoms with Gasteiger partial charge in [-0.1, -0.05) is 12.1 Å². The molecule has 0 aliphatic heterocycles. The van der Waals surface area contributed by atoms with Crippen molar-refractivity contribution in [2.24, 2.45) is 0 Å². The zero-order chi connectivity index (χ0) is 13.9. The number of carboxylic acids is 1. The Balaban J connectivity index is 3.14. The minimum Gasteiger partial charge on any atom is -0.477 e. The summed E-state index contributed by atoms with van der Waals surface area (Å²) in [5.41, 5.74) is 1.32. The van der Waals surface area contributed by atoms with Crippen LogP contribution in [0.1, 0.15) is 5.56 Å². The van der Waals surface area contributed by atoms with Crippen molar-refractivity contribution in [1.29, 1.82) is 0 Å². The van der Waals surface area contributed by atoms with Crippen LogP contribution in [0.3, 0.4) is 0 Å². The first-order chi connectivity index (χ1) is 8.21. The van der Waals surface area contributed by atoms with Crippen LogP contribution in [0.25, 0.3) is 6.08 Å². The average Bonchev–Trinajstić information content (AvgIpc) is 2.24. The van der Waals surface area contributed by atoms with Gasteiger partial charge in [-0.15, -0.1) is 0 Å². The van der Waals surface area contributed by atoms with E-state index in [2.05, 4.69) is 0 Å². The van der Waals surface area contributed by atoms with Crippen LogP contribution in [0.5, 0.6) is 0 Å². The minimum atomic E-state index is -4.78. The minimum absolute atomic E-state index is 0.418. The van der Waals surface area contributed by atoms with Gasteiger partial charge in [0.25, 0.3) is 0 Å². The number of carboxylic acid groups (broad SMARTS) is 1. The van der Waals surface area contributed by atoms with Crippen molar-refractivity contribution in [2.75, 3.05) is 19.0 Å². The van der Waals surface area contributed by atoms with Gasteiger partial charge < -0.3 is 19.8 Å². The van der Waals surface area contributed by atoms with Crippen LogP contribution in [0, 0.1) is 0 Å². The number of rotatable bonds is 4. The summed E-state index contributed by atoms with van der Waals surface area (Å²) in [6.07, 6.45) is 0.975. The van der Waals surface area contributed by atoms with Gasteiger partial charge >= 0.3 is 13.6 Å². The average molecular weight is 271 g/mol. The largest absolute Gasteiger partial charge is 0.477 e. The Morgan fingerprint density at radius 1 is 1.22 bits per heavy atom. The first-order valence-corrected chi connectivity index (χ1v) is 6.61. The lowest BCUT2D eigenvalue weighted by atomic mass is 10.2. The van der Waals surface area contributed by atoms with Crippen LogP contribution in [0.2, 0.25) is 0 Å². The Hall–Kier alpha value is -1.62. The molecule has 0 unspecified atom stereocenters. The first-order valence-electron chi connectivity index (χ1n) is 5.00.